The van der Waals surface area contributed by atoms with Gasteiger partial charge >= 0.3 is 5.97 Å². The summed E-state index contributed by atoms with van der Waals surface area (Å²) in [5, 5.41) is 4.50. The van der Waals surface area contributed by atoms with E-state index in [4.69, 9.17) is 9.47 Å². The average molecular weight is 290 g/mol. The maximum Gasteiger partial charge on any atom is 0.325 e. The van der Waals surface area contributed by atoms with Crippen LogP contribution in [0.1, 0.15) is 12.5 Å². The van der Waals surface area contributed by atoms with Gasteiger partial charge in [-0.25, -0.2) is 0 Å². The van der Waals surface area contributed by atoms with Crippen LogP contribution >= 0.6 is 0 Å². The van der Waals surface area contributed by atoms with E-state index in [-0.39, 0.29) is 12.5 Å². The van der Waals surface area contributed by atoms with Gasteiger partial charge in [-0.3, -0.25) is 4.79 Å². The van der Waals surface area contributed by atoms with Crippen LogP contribution < -0.4 is 5.32 Å². The molecule has 0 amide bonds. The van der Waals surface area contributed by atoms with Crippen LogP contribution in [-0.4, -0.2) is 37.4 Å². The van der Waals surface area contributed by atoms with Crippen molar-refractivity contribution in [2.75, 3.05) is 26.9 Å². The third-order valence-electron chi connectivity index (χ3n) is 3.31. The van der Waals surface area contributed by atoms with Crippen molar-refractivity contribution in [3.8, 4) is 0 Å². The number of nitrogens with one attached hydrogen (secondary N) is 1. The molecule has 0 atom stereocenters. The molecule has 0 aliphatic carbocycles. The van der Waals surface area contributed by atoms with Crippen molar-refractivity contribution >= 4 is 16.9 Å². The van der Waals surface area contributed by atoms with Crippen LogP contribution in [0, 0.1) is 0 Å². The van der Waals surface area contributed by atoms with Crippen molar-refractivity contribution in [3.05, 3.63) is 36.0 Å². The highest BCUT2D eigenvalue weighted by Gasteiger charge is 2.09. The van der Waals surface area contributed by atoms with Crippen molar-refractivity contribution in [3.63, 3.8) is 0 Å². The fraction of sp³-hybridized carbons (Fsp3) is 0.438. The zero-order valence-corrected chi connectivity index (χ0v) is 12.6. The number of hydrogen-bond donors (Lipinski definition) is 1. The molecule has 0 aliphatic rings. The van der Waals surface area contributed by atoms with Crippen LogP contribution in [-0.2, 0) is 27.4 Å². The van der Waals surface area contributed by atoms with Gasteiger partial charge in [0.15, 0.2) is 0 Å². The monoisotopic (exact) mass is 290 g/mol. The largest absolute Gasteiger partial charge is 0.465 e. The Kier molecular flexibility index (Phi) is 5.78. The summed E-state index contributed by atoms with van der Waals surface area (Å²) in [7, 11) is 1.69. The molecule has 21 heavy (non-hydrogen) atoms. The number of benzene rings is 1. The lowest BCUT2D eigenvalue weighted by Gasteiger charge is -2.08. The first-order valence-electron chi connectivity index (χ1n) is 7.18. The number of nitrogens with zero attached hydrogens (tertiary/aromatic N) is 1. The molecule has 1 aromatic carbocycles. The Bertz CT molecular complexity index is 592. The summed E-state index contributed by atoms with van der Waals surface area (Å²) < 4.78 is 11.9. The molecule has 0 spiro atoms. The molecule has 5 nitrogen and oxygen atoms in total. The van der Waals surface area contributed by atoms with Crippen molar-refractivity contribution in [2.24, 2.45) is 0 Å². The predicted octanol–water partition coefficient (Wildman–Crippen LogP) is 1.94. The first kappa shape index (κ1) is 15.5. The van der Waals surface area contributed by atoms with Gasteiger partial charge in [0, 0.05) is 37.3 Å². The highest BCUT2D eigenvalue weighted by atomic mass is 16.5. The number of fused-ring (bicyclic) bond motifs is 1. The van der Waals surface area contributed by atoms with Crippen LogP contribution in [0.25, 0.3) is 10.9 Å². The van der Waals surface area contributed by atoms with Gasteiger partial charge in [0.1, 0.15) is 6.54 Å². The van der Waals surface area contributed by atoms with Gasteiger partial charge in [-0.2, -0.15) is 0 Å². The van der Waals surface area contributed by atoms with Gasteiger partial charge < -0.3 is 19.4 Å². The van der Waals surface area contributed by atoms with Crippen molar-refractivity contribution in [1.82, 2.24) is 9.88 Å². The molecule has 1 N–H and O–H groups in total. The molecular formula is C16H22N2O3. The second-order valence-corrected chi connectivity index (χ2v) is 4.77. The smallest absolute Gasteiger partial charge is 0.325 e. The average Bonchev–Trinajstić information content (AvgIpc) is 2.88. The Morgan fingerprint density at radius 1 is 1.33 bits per heavy atom. The summed E-state index contributed by atoms with van der Waals surface area (Å²) in [5.41, 5.74) is 2.26. The van der Waals surface area contributed by atoms with E-state index in [1.54, 1.807) is 7.11 Å². The van der Waals surface area contributed by atoms with E-state index in [1.807, 2.05) is 35.9 Å². The van der Waals surface area contributed by atoms with Crippen LogP contribution in [0.4, 0.5) is 0 Å². The van der Waals surface area contributed by atoms with E-state index in [2.05, 4.69) is 11.4 Å². The van der Waals surface area contributed by atoms with Crippen molar-refractivity contribution in [2.45, 2.75) is 20.0 Å². The molecule has 0 radical (unpaired) electrons. The number of hydrogen-bond acceptors (Lipinski definition) is 4. The summed E-state index contributed by atoms with van der Waals surface area (Å²) in [6, 6.07) is 8.17. The Hall–Kier alpha value is -1.85. The number of methoxy groups -OCH3 is 1. The molecule has 0 aliphatic heterocycles. The van der Waals surface area contributed by atoms with Gasteiger partial charge in [-0.1, -0.05) is 12.1 Å². The number of carbonyl (C=O) groups is 1. The van der Waals surface area contributed by atoms with E-state index < -0.39 is 0 Å². The molecule has 2 aromatic rings. The number of carbonyl (C=O) groups excluding carboxylic acids is 1. The Balaban J connectivity index is 2.11. The summed E-state index contributed by atoms with van der Waals surface area (Å²) in [6.07, 6.45) is 1.93. The van der Waals surface area contributed by atoms with Gasteiger partial charge in [-0.15, -0.1) is 0 Å². The number of aromatic nitrogens is 1. The zero-order valence-electron chi connectivity index (χ0n) is 12.6. The van der Waals surface area contributed by atoms with Crippen LogP contribution in [0.15, 0.2) is 30.5 Å². The summed E-state index contributed by atoms with van der Waals surface area (Å²) in [4.78, 5) is 11.6. The fourth-order valence-electron chi connectivity index (χ4n) is 2.32. The van der Waals surface area contributed by atoms with E-state index in [9.17, 15) is 4.79 Å². The van der Waals surface area contributed by atoms with Crippen molar-refractivity contribution < 1.29 is 14.3 Å². The molecule has 0 fully saturated rings. The Labute approximate surface area is 124 Å². The Morgan fingerprint density at radius 2 is 2.19 bits per heavy atom. The van der Waals surface area contributed by atoms with Crippen molar-refractivity contribution in [1.29, 1.82) is 0 Å². The lowest BCUT2D eigenvalue weighted by atomic mass is 10.1. The Morgan fingerprint density at radius 3 is 2.95 bits per heavy atom. The zero-order chi connectivity index (χ0) is 15.1. The van der Waals surface area contributed by atoms with Gasteiger partial charge in [-0.05, 0) is 24.6 Å². The number of rotatable bonds is 8. The van der Waals surface area contributed by atoms with E-state index in [1.165, 1.54) is 5.56 Å². The maximum atomic E-state index is 11.6. The van der Waals surface area contributed by atoms with E-state index in [0.717, 1.165) is 24.0 Å². The minimum atomic E-state index is -0.210. The SMILES string of the molecule is CCOC(=O)Cn1ccc2c(CNCCOC)cccc21. The molecule has 2 rings (SSSR count). The fourth-order valence-corrected chi connectivity index (χ4v) is 2.32. The topological polar surface area (TPSA) is 52.5 Å². The molecule has 1 aromatic heterocycles. The highest BCUT2D eigenvalue weighted by molar-refractivity contribution is 5.85. The standard InChI is InChI=1S/C16H22N2O3/c1-3-21-16(19)12-18-9-7-14-13(5-4-6-15(14)18)11-17-8-10-20-2/h4-7,9,17H,3,8,10-12H2,1-2H3. The minimum absolute atomic E-state index is 0.210. The van der Waals surface area contributed by atoms with E-state index >= 15 is 0 Å². The number of ether oxygens (including phenoxy) is 2. The van der Waals surface area contributed by atoms with Gasteiger partial charge in [0.2, 0.25) is 0 Å². The predicted molar refractivity (Wildman–Crippen MR) is 82.2 cm³/mol. The maximum absolute atomic E-state index is 11.6. The van der Waals surface area contributed by atoms with Crippen LogP contribution in [0.2, 0.25) is 0 Å². The first-order valence-corrected chi connectivity index (χ1v) is 7.18. The van der Waals surface area contributed by atoms with E-state index in [0.29, 0.717) is 13.2 Å². The summed E-state index contributed by atoms with van der Waals surface area (Å²) >= 11 is 0. The van der Waals surface area contributed by atoms with Crippen LogP contribution in [0.5, 0.6) is 0 Å². The van der Waals surface area contributed by atoms with Gasteiger partial charge in [0.05, 0.1) is 13.2 Å². The summed E-state index contributed by atoms with van der Waals surface area (Å²) in [6.45, 7) is 4.76. The molecular weight excluding hydrogens is 268 g/mol. The normalized spacial score (nSPS) is 11.0. The first-order chi connectivity index (χ1) is 10.3. The highest BCUT2D eigenvalue weighted by Crippen LogP contribution is 2.20. The molecule has 1 heterocycles. The molecule has 114 valence electrons. The van der Waals surface area contributed by atoms with Gasteiger partial charge in [0.25, 0.3) is 0 Å². The molecule has 0 unspecified atom stereocenters. The lowest BCUT2D eigenvalue weighted by Crippen LogP contribution is -2.18. The molecule has 0 saturated carbocycles. The third kappa shape index (κ3) is 4.06. The second kappa shape index (κ2) is 7.81. The third-order valence-corrected chi connectivity index (χ3v) is 3.31. The quantitative estimate of drug-likeness (QED) is 0.596. The number of esters is 1. The molecule has 0 bridgehead atoms. The van der Waals surface area contributed by atoms with Crippen LogP contribution in [0.3, 0.4) is 0 Å². The lowest BCUT2D eigenvalue weighted by molar-refractivity contribution is -0.143. The second-order valence-electron chi connectivity index (χ2n) is 4.77. The molecule has 5 heteroatoms. The minimum Gasteiger partial charge on any atom is -0.465 e. The molecule has 0 saturated heterocycles. The summed E-state index contributed by atoms with van der Waals surface area (Å²) in [5.74, 6) is -0.210.